The summed E-state index contributed by atoms with van der Waals surface area (Å²) in [5.41, 5.74) is 2.80. The number of hydrogen-bond acceptors (Lipinski definition) is 3. The van der Waals surface area contributed by atoms with Crippen molar-refractivity contribution in [2.24, 2.45) is 0 Å². The van der Waals surface area contributed by atoms with E-state index in [1.165, 1.54) is 34.6 Å². The van der Waals surface area contributed by atoms with E-state index in [1.807, 2.05) is 18.8 Å². The van der Waals surface area contributed by atoms with E-state index >= 15 is 0 Å². The number of Topliss-reactive ketones (excluding diaryl/α,β-unsaturated/α-hetero) is 1. The fourth-order valence-corrected chi connectivity index (χ4v) is 3.28. The second-order valence-electron chi connectivity index (χ2n) is 4.77. The number of fused-ring (bicyclic) bond motifs is 1. The monoisotopic (exact) mass is 249 g/mol. The molecule has 0 radical (unpaired) electrons. The summed E-state index contributed by atoms with van der Waals surface area (Å²) in [6, 6.07) is 6.72. The van der Waals surface area contributed by atoms with Crippen LogP contribution in [0.4, 0.5) is 0 Å². The van der Waals surface area contributed by atoms with E-state index in [9.17, 15) is 4.79 Å². The van der Waals surface area contributed by atoms with Crippen molar-refractivity contribution in [3.05, 3.63) is 29.3 Å². The molecule has 1 aromatic carbocycles. The van der Waals surface area contributed by atoms with Crippen LogP contribution in [-0.2, 0) is 17.8 Å². The second-order valence-corrected chi connectivity index (χ2v) is 5.91. The summed E-state index contributed by atoms with van der Waals surface area (Å²) < 4.78 is 0. The molecular weight excluding hydrogens is 230 g/mol. The number of carbonyl (C=O) groups is 1. The Bertz CT molecular complexity index is 417. The highest BCUT2D eigenvalue weighted by Crippen LogP contribution is 2.30. The van der Waals surface area contributed by atoms with E-state index in [1.54, 1.807) is 6.92 Å². The number of hydrogen-bond donors (Lipinski definition) is 0. The van der Waals surface area contributed by atoms with Crippen LogP contribution in [0.2, 0.25) is 0 Å². The summed E-state index contributed by atoms with van der Waals surface area (Å²) in [5, 5.41) is 0. The Labute approximate surface area is 107 Å². The maximum Gasteiger partial charge on any atom is 0.143 e. The molecule has 0 aromatic heterocycles. The van der Waals surface area contributed by atoms with Crippen molar-refractivity contribution in [1.82, 2.24) is 4.90 Å². The number of benzene rings is 1. The molecule has 2 nitrogen and oxygen atoms in total. The minimum atomic E-state index is 0.223. The Morgan fingerprint density at radius 1 is 1.47 bits per heavy atom. The summed E-state index contributed by atoms with van der Waals surface area (Å²) in [6.07, 6.45) is 2.48. The van der Waals surface area contributed by atoms with Gasteiger partial charge < -0.3 is 0 Å². The van der Waals surface area contributed by atoms with Gasteiger partial charge in [0.15, 0.2) is 0 Å². The lowest BCUT2D eigenvalue weighted by atomic mass is 10.1. The van der Waals surface area contributed by atoms with Crippen LogP contribution >= 0.6 is 11.8 Å². The van der Waals surface area contributed by atoms with Crippen molar-refractivity contribution in [2.45, 2.75) is 31.2 Å². The molecule has 1 aliphatic heterocycles. The molecule has 0 saturated carbocycles. The Balaban J connectivity index is 2.04. The van der Waals surface area contributed by atoms with Crippen molar-refractivity contribution < 1.29 is 4.79 Å². The van der Waals surface area contributed by atoms with Crippen LogP contribution in [0.1, 0.15) is 24.5 Å². The first kappa shape index (κ1) is 12.7. The van der Waals surface area contributed by atoms with Crippen molar-refractivity contribution in [2.75, 3.05) is 19.3 Å². The molecule has 0 N–H and O–H groups in total. The van der Waals surface area contributed by atoms with Gasteiger partial charge in [0.25, 0.3) is 0 Å². The first-order valence-corrected chi connectivity index (χ1v) is 7.06. The normalized spacial score (nSPS) is 14.8. The minimum absolute atomic E-state index is 0.223. The lowest BCUT2D eigenvalue weighted by molar-refractivity contribution is -0.117. The SMILES string of the molecule is CC(=O)CN(C)Cc1ccc2c(c1)CCCS2. The van der Waals surface area contributed by atoms with Gasteiger partial charge in [-0.3, -0.25) is 9.69 Å². The maximum absolute atomic E-state index is 11.0. The van der Waals surface area contributed by atoms with E-state index in [0.29, 0.717) is 6.54 Å². The molecule has 0 spiro atoms. The van der Waals surface area contributed by atoms with Gasteiger partial charge in [-0.2, -0.15) is 0 Å². The summed E-state index contributed by atoms with van der Waals surface area (Å²) in [5.74, 6) is 1.47. The molecule has 2 rings (SSSR count). The number of rotatable bonds is 4. The van der Waals surface area contributed by atoms with Gasteiger partial charge in [-0.05, 0) is 49.8 Å². The van der Waals surface area contributed by atoms with Gasteiger partial charge in [-0.25, -0.2) is 0 Å². The van der Waals surface area contributed by atoms with Crippen LogP contribution < -0.4 is 0 Å². The third kappa shape index (κ3) is 3.58. The molecule has 0 bridgehead atoms. The average Bonchev–Trinajstić information content (AvgIpc) is 2.27. The number of aryl methyl sites for hydroxylation is 1. The number of thioether (sulfide) groups is 1. The highest BCUT2D eigenvalue weighted by molar-refractivity contribution is 7.99. The highest BCUT2D eigenvalue weighted by Gasteiger charge is 2.11. The topological polar surface area (TPSA) is 20.3 Å². The smallest absolute Gasteiger partial charge is 0.143 e. The van der Waals surface area contributed by atoms with Crippen LogP contribution in [0, 0.1) is 0 Å². The second kappa shape index (κ2) is 5.69. The fourth-order valence-electron chi connectivity index (χ4n) is 2.26. The zero-order valence-electron chi connectivity index (χ0n) is 10.5. The lowest BCUT2D eigenvalue weighted by Gasteiger charge is -2.19. The van der Waals surface area contributed by atoms with E-state index < -0.39 is 0 Å². The van der Waals surface area contributed by atoms with E-state index in [-0.39, 0.29) is 5.78 Å². The Kier molecular flexibility index (Phi) is 4.24. The largest absolute Gasteiger partial charge is 0.299 e. The predicted molar refractivity (Wildman–Crippen MR) is 72.5 cm³/mol. The van der Waals surface area contributed by atoms with Gasteiger partial charge >= 0.3 is 0 Å². The zero-order valence-corrected chi connectivity index (χ0v) is 11.3. The summed E-state index contributed by atoms with van der Waals surface area (Å²) in [6.45, 7) is 3.03. The molecule has 0 saturated heterocycles. The van der Waals surface area contributed by atoms with Crippen LogP contribution in [0.5, 0.6) is 0 Å². The quantitative estimate of drug-likeness (QED) is 0.818. The van der Waals surface area contributed by atoms with E-state index in [2.05, 4.69) is 23.1 Å². The number of likely N-dealkylation sites (N-methyl/N-ethyl adjacent to an activating group) is 1. The number of carbonyl (C=O) groups excluding carboxylic acids is 1. The standard InChI is InChI=1S/C14H19NOS/c1-11(16)9-15(2)10-12-5-6-14-13(8-12)4-3-7-17-14/h5-6,8H,3-4,7,9-10H2,1-2H3. The van der Waals surface area contributed by atoms with Gasteiger partial charge in [0.05, 0.1) is 6.54 Å². The van der Waals surface area contributed by atoms with Crippen molar-refractivity contribution in [1.29, 1.82) is 0 Å². The average molecular weight is 249 g/mol. The van der Waals surface area contributed by atoms with Crippen LogP contribution in [0.15, 0.2) is 23.1 Å². The molecule has 0 unspecified atom stereocenters. The zero-order chi connectivity index (χ0) is 12.3. The third-order valence-electron chi connectivity index (χ3n) is 2.92. The molecule has 17 heavy (non-hydrogen) atoms. The predicted octanol–water partition coefficient (Wildman–Crippen LogP) is 2.75. The van der Waals surface area contributed by atoms with Crippen molar-refractivity contribution in [3.8, 4) is 0 Å². The van der Waals surface area contributed by atoms with E-state index in [0.717, 1.165) is 6.54 Å². The summed E-state index contributed by atoms with van der Waals surface area (Å²) in [7, 11) is 2.00. The first-order chi connectivity index (χ1) is 8.15. The third-order valence-corrected chi connectivity index (χ3v) is 4.12. The number of ketones is 1. The Morgan fingerprint density at radius 2 is 2.29 bits per heavy atom. The molecule has 1 heterocycles. The van der Waals surface area contributed by atoms with Gasteiger partial charge in [-0.15, -0.1) is 11.8 Å². The molecule has 0 atom stereocenters. The van der Waals surface area contributed by atoms with Crippen LogP contribution in [-0.4, -0.2) is 30.0 Å². The molecule has 0 fully saturated rings. The highest BCUT2D eigenvalue weighted by atomic mass is 32.2. The van der Waals surface area contributed by atoms with Gasteiger partial charge in [-0.1, -0.05) is 12.1 Å². The van der Waals surface area contributed by atoms with Gasteiger partial charge in [0.1, 0.15) is 5.78 Å². The Hall–Kier alpha value is -0.800. The maximum atomic E-state index is 11.0. The number of nitrogens with zero attached hydrogens (tertiary/aromatic N) is 1. The molecular formula is C14H19NOS. The van der Waals surface area contributed by atoms with Gasteiger partial charge in [0.2, 0.25) is 0 Å². The lowest BCUT2D eigenvalue weighted by Crippen LogP contribution is -2.23. The van der Waals surface area contributed by atoms with Crippen LogP contribution in [0.25, 0.3) is 0 Å². The van der Waals surface area contributed by atoms with Crippen molar-refractivity contribution in [3.63, 3.8) is 0 Å². The molecule has 3 heteroatoms. The van der Waals surface area contributed by atoms with Crippen LogP contribution in [0.3, 0.4) is 0 Å². The van der Waals surface area contributed by atoms with E-state index in [4.69, 9.17) is 0 Å². The van der Waals surface area contributed by atoms with Crippen molar-refractivity contribution >= 4 is 17.5 Å². The molecule has 1 aliphatic rings. The van der Waals surface area contributed by atoms with Gasteiger partial charge in [0, 0.05) is 11.4 Å². The molecule has 1 aromatic rings. The molecule has 0 aliphatic carbocycles. The fraction of sp³-hybridized carbons (Fsp3) is 0.500. The first-order valence-electron chi connectivity index (χ1n) is 6.08. The minimum Gasteiger partial charge on any atom is -0.299 e. The summed E-state index contributed by atoms with van der Waals surface area (Å²) in [4.78, 5) is 14.5. The molecule has 92 valence electrons. The molecule has 0 amide bonds. The Morgan fingerprint density at radius 3 is 3.06 bits per heavy atom. The summed E-state index contributed by atoms with van der Waals surface area (Å²) >= 11 is 1.96.